The van der Waals surface area contributed by atoms with E-state index in [4.69, 9.17) is 4.74 Å². The maximum absolute atomic E-state index is 10.7. The number of ether oxygens (including phenoxy) is 1. The lowest BCUT2D eigenvalue weighted by Gasteiger charge is -2.39. The molecular weight excluding hydrogens is 228 g/mol. The van der Waals surface area contributed by atoms with Crippen molar-refractivity contribution in [3.05, 3.63) is 12.2 Å². The lowest BCUT2D eigenvalue weighted by atomic mass is 9.68. The van der Waals surface area contributed by atoms with Crippen LogP contribution in [0, 0.1) is 22.7 Å². The highest BCUT2D eigenvalue weighted by atomic mass is 16.6. The molecule has 100 valence electrons. The number of aliphatic hydroxyl groups excluding tert-OH is 2. The Balaban J connectivity index is 1.83. The van der Waals surface area contributed by atoms with Crippen molar-refractivity contribution in [2.24, 2.45) is 22.7 Å². The number of hydrogen-bond donors (Lipinski definition) is 2. The molecule has 0 aromatic carbocycles. The smallest absolute Gasteiger partial charge is 0.118 e. The van der Waals surface area contributed by atoms with Gasteiger partial charge in [-0.3, -0.25) is 0 Å². The predicted molar refractivity (Wildman–Crippen MR) is 66.9 cm³/mol. The van der Waals surface area contributed by atoms with Gasteiger partial charge in [0.05, 0.1) is 6.10 Å². The number of hydrogen-bond acceptors (Lipinski definition) is 3. The quantitative estimate of drug-likeness (QED) is 0.506. The highest BCUT2D eigenvalue weighted by molar-refractivity contribution is 5.44. The zero-order valence-corrected chi connectivity index (χ0v) is 11.3. The van der Waals surface area contributed by atoms with Crippen molar-refractivity contribution in [2.45, 2.75) is 57.5 Å². The van der Waals surface area contributed by atoms with E-state index >= 15 is 0 Å². The first-order chi connectivity index (χ1) is 8.26. The average Bonchev–Trinajstić information content (AvgIpc) is 2.84. The molecule has 0 bridgehead atoms. The fourth-order valence-electron chi connectivity index (χ4n) is 5.61. The summed E-state index contributed by atoms with van der Waals surface area (Å²) in [6.07, 6.45) is 1.12. The first-order valence-electron chi connectivity index (χ1n) is 6.99. The highest BCUT2D eigenvalue weighted by Gasteiger charge is 2.84. The summed E-state index contributed by atoms with van der Waals surface area (Å²) in [4.78, 5) is 0. The molecule has 1 spiro atoms. The highest BCUT2D eigenvalue weighted by Crippen LogP contribution is 2.77. The second-order valence-electron chi connectivity index (χ2n) is 7.73. The van der Waals surface area contributed by atoms with E-state index in [1.165, 1.54) is 0 Å². The van der Waals surface area contributed by atoms with Gasteiger partial charge < -0.3 is 14.9 Å². The van der Waals surface area contributed by atoms with E-state index in [1.54, 1.807) is 0 Å². The van der Waals surface area contributed by atoms with Gasteiger partial charge in [-0.1, -0.05) is 27.4 Å². The molecule has 0 amide bonds. The summed E-state index contributed by atoms with van der Waals surface area (Å²) in [6.45, 7) is 10.6. The molecule has 4 fully saturated rings. The fraction of sp³-hybridized carbons (Fsp3) is 0.867. The van der Waals surface area contributed by atoms with Crippen molar-refractivity contribution in [3.63, 3.8) is 0 Å². The molecule has 1 saturated heterocycles. The largest absolute Gasteiger partial charge is 0.392 e. The third kappa shape index (κ3) is 0.879. The van der Waals surface area contributed by atoms with Crippen LogP contribution in [0.4, 0.5) is 0 Å². The molecule has 3 heteroatoms. The Morgan fingerprint density at radius 2 is 1.89 bits per heavy atom. The zero-order chi connectivity index (χ0) is 13.1. The van der Waals surface area contributed by atoms with Gasteiger partial charge in [-0.25, -0.2) is 0 Å². The molecule has 4 rings (SSSR count). The molecule has 4 aliphatic rings. The maximum Gasteiger partial charge on any atom is 0.118 e. The average molecular weight is 250 g/mol. The van der Waals surface area contributed by atoms with Crippen LogP contribution in [0.5, 0.6) is 0 Å². The van der Waals surface area contributed by atoms with Gasteiger partial charge in [0.15, 0.2) is 0 Å². The van der Waals surface area contributed by atoms with E-state index in [9.17, 15) is 10.2 Å². The Morgan fingerprint density at radius 3 is 2.56 bits per heavy atom. The van der Waals surface area contributed by atoms with E-state index in [0.29, 0.717) is 5.92 Å². The molecule has 0 radical (unpaired) electrons. The first kappa shape index (κ1) is 11.4. The molecule has 3 nitrogen and oxygen atoms in total. The number of epoxide rings is 1. The van der Waals surface area contributed by atoms with Crippen LogP contribution in [0.15, 0.2) is 12.2 Å². The fourth-order valence-corrected chi connectivity index (χ4v) is 5.61. The van der Waals surface area contributed by atoms with E-state index in [-0.39, 0.29) is 34.6 Å². The Bertz CT molecular complexity index is 457. The van der Waals surface area contributed by atoms with Crippen LogP contribution >= 0.6 is 0 Å². The Labute approximate surface area is 108 Å². The molecule has 0 aromatic rings. The number of rotatable bonds is 0. The van der Waals surface area contributed by atoms with E-state index < -0.39 is 6.10 Å². The summed E-state index contributed by atoms with van der Waals surface area (Å²) < 4.78 is 5.88. The van der Waals surface area contributed by atoms with Gasteiger partial charge in [0.25, 0.3) is 0 Å². The summed E-state index contributed by atoms with van der Waals surface area (Å²) in [5, 5.41) is 20.9. The van der Waals surface area contributed by atoms with Gasteiger partial charge >= 0.3 is 0 Å². The molecule has 1 heterocycles. The lowest BCUT2D eigenvalue weighted by Crippen LogP contribution is -2.42. The maximum atomic E-state index is 10.7. The van der Waals surface area contributed by atoms with Gasteiger partial charge in [0, 0.05) is 11.3 Å². The zero-order valence-electron chi connectivity index (χ0n) is 11.3. The SMILES string of the molecule is C=C1[C@@H](O)[C@H]2O[C@]23C[C@H]2CC(C)(C)[C@H](O)[C@H]2[C@]13C. The van der Waals surface area contributed by atoms with Crippen molar-refractivity contribution < 1.29 is 14.9 Å². The summed E-state index contributed by atoms with van der Waals surface area (Å²) in [5.41, 5.74) is 0.409. The minimum atomic E-state index is -0.535. The molecular formula is C15H22O3. The van der Waals surface area contributed by atoms with Gasteiger partial charge in [0.2, 0.25) is 0 Å². The second-order valence-corrected chi connectivity index (χ2v) is 7.73. The molecule has 18 heavy (non-hydrogen) atoms. The van der Waals surface area contributed by atoms with Crippen molar-refractivity contribution in [1.29, 1.82) is 0 Å². The van der Waals surface area contributed by atoms with Crippen molar-refractivity contribution in [1.82, 2.24) is 0 Å². The molecule has 0 unspecified atom stereocenters. The van der Waals surface area contributed by atoms with Crippen LogP contribution in [0.25, 0.3) is 0 Å². The minimum Gasteiger partial charge on any atom is -0.392 e. The van der Waals surface area contributed by atoms with Crippen LogP contribution < -0.4 is 0 Å². The van der Waals surface area contributed by atoms with Crippen LogP contribution in [0.3, 0.4) is 0 Å². The summed E-state index contributed by atoms with van der Waals surface area (Å²) in [6, 6.07) is 0. The Hall–Kier alpha value is -0.380. The van der Waals surface area contributed by atoms with Gasteiger partial charge in [-0.05, 0) is 29.7 Å². The topological polar surface area (TPSA) is 53.0 Å². The van der Waals surface area contributed by atoms with Gasteiger partial charge in [-0.2, -0.15) is 0 Å². The van der Waals surface area contributed by atoms with E-state index in [2.05, 4.69) is 27.4 Å². The standard InChI is InChI=1S/C15H22O3/c1-7-10(16)12-15(18-12)6-8-5-13(2,3)11(17)9(8)14(7,15)4/h8-12,16-17H,1,5-6H2,2-4H3/t8-,9+,10-,11-,12-,14+,15-/m1/s1. The van der Waals surface area contributed by atoms with Crippen molar-refractivity contribution in [3.8, 4) is 0 Å². The van der Waals surface area contributed by atoms with Crippen LogP contribution in [-0.2, 0) is 4.74 Å². The third-order valence-corrected chi connectivity index (χ3v) is 6.60. The van der Waals surface area contributed by atoms with Gasteiger partial charge in [-0.15, -0.1) is 0 Å². The number of fused-ring (bicyclic) bond motifs is 2. The Kier molecular flexibility index (Phi) is 1.73. The molecule has 1 aliphatic heterocycles. The minimum absolute atomic E-state index is 0.0296. The second kappa shape index (κ2) is 2.72. The predicted octanol–water partition coefficient (Wildman–Crippen LogP) is 1.49. The molecule has 3 aliphatic carbocycles. The van der Waals surface area contributed by atoms with Gasteiger partial charge in [0.1, 0.15) is 17.8 Å². The summed E-state index contributed by atoms with van der Waals surface area (Å²) in [5.74, 6) is 0.705. The number of aliphatic hydroxyl groups is 2. The first-order valence-corrected chi connectivity index (χ1v) is 6.99. The Morgan fingerprint density at radius 1 is 1.22 bits per heavy atom. The molecule has 2 N–H and O–H groups in total. The molecule has 3 saturated carbocycles. The molecule has 0 aromatic heterocycles. The van der Waals surface area contributed by atoms with Crippen molar-refractivity contribution >= 4 is 0 Å². The third-order valence-electron chi connectivity index (χ3n) is 6.60. The monoisotopic (exact) mass is 250 g/mol. The van der Waals surface area contributed by atoms with E-state index in [0.717, 1.165) is 18.4 Å². The van der Waals surface area contributed by atoms with Crippen LogP contribution in [0.1, 0.15) is 33.6 Å². The lowest BCUT2D eigenvalue weighted by molar-refractivity contribution is -0.0120. The van der Waals surface area contributed by atoms with Crippen molar-refractivity contribution in [2.75, 3.05) is 0 Å². The summed E-state index contributed by atoms with van der Waals surface area (Å²) in [7, 11) is 0. The normalized spacial score (nSPS) is 63.6. The van der Waals surface area contributed by atoms with Crippen LogP contribution in [-0.4, -0.2) is 34.1 Å². The molecule has 7 atom stereocenters. The van der Waals surface area contributed by atoms with Crippen LogP contribution in [0.2, 0.25) is 0 Å². The van der Waals surface area contributed by atoms with E-state index in [1.807, 2.05) is 0 Å². The summed E-state index contributed by atoms with van der Waals surface area (Å²) >= 11 is 0.